The van der Waals surface area contributed by atoms with Gasteiger partial charge in [-0.15, -0.1) is 0 Å². The van der Waals surface area contributed by atoms with Gasteiger partial charge in [-0.05, 0) is 35.6 Å². The molecule has 7 nitrogen and oxygen atoms in total. The number of hydrogen-bond acceptors (Lipinski definition) is 4. The zero-order valence-corrected chi connectivity index (χ0v) is 17.9. The highest BCUT2D eigenvalue weighted by Gasteiger charge is 2.31. The minimum Gasteiger partial charge on any atom is -0.324 e. The van der Waals surface area contributed by atoms with E-state index < -0.39 is 5.92 Å². The van der Waals surface area contributed by atoms with E-state index in [9.17, 15) is 14.4 Å². The van der Waals surface area contributed by atoms with Crippen LogP contribution < -0.4 is 10.6 Å². The van der Waals surface area contributed by atoms with Crippen molar-refractivity contribution in [2.24, 2.45) is 0 Å². The SMILES string of the molecule is CC(C)(C)c1cccc(NC(=O)Cn2nc(C3CCC(=O)NC3=O)c3ccccc32)c1. The fraction of sp³-hybridized carbons (Fsp3) is 0.333. The van der Waals surface area contributed by atoms with E-state index in [4.69, 9.17) is 0 Å². The maximum absolute atomic E-state index is 12.8. The molecular weight excluding hydrogens is 392 g/mol. The first-order valence-electron chi connectivity index (χ1n) is 10.4. The molecule has 1 fully saturated rings. The van der Waals surface area contributed by atoms with Crippen molar-refractivity contribution in [1.82, 2.24) is 15.1 Å². The second-order valence-electron chi connectivity index (χ2n) is 8.94. The Morgan fingerprint density at radius 2 is 1.94 bits per heavy atom. The molecule has 0 aliphatic carbocycles. The van der Waals surface area contributed by atoms with E-state index >= 15 is 0 Å². The topological polar surface area (TPSA) is 93.1 Å². The van der Waals surface area contributed by atoms with Gasteiger partial charge in [0.05, 0.1) is 17.1 Å². The standard InChI is InChI=1S/C24H26N4O3/c1-24(2,3)15-7-6-8-16(13-15)25-21(30)14-28-19-10-5-4-9-17(19)22(27-28)18-11-12-20(29)26-23(18)31/h4-10,13,18H,11-12,14H2,1-3H3,(H,25,30)(H,26,29,31). The van der Waals surface area contributed by atoms with Gasteiger partial charge in [-0.2, -0.15) is 5.10 Å². The molecule has 1 aromatic heterocycles. The summed E-state index contributed by atoms with van der Waals surface area (Å²) in [5.41, 5.74) is 3.23. The van der Waals surface area contributed by atoms with Crippen LogP contribution in [0.15, 0.2) is 48.5 Å². The van der Waals surface area contributed by atoms with Gasteiger partial charge in [-0.1, -0.05) is 51.1 Å². The molecule has 1 aliphatic heterocycles. The number of piperidine rings is 1. The Morgan fingerprint density at radius 1 is 1.16 bits per heavy atom. The zero-order chi connectivity index (χ0) is 22.2. The minimum atomic E-state index is -0.504. The lowest BCUT2D eigenvalue weighted by atomic mass is 9.87. The van der Waals surface area contributed by atoms with Crippen LogP contribution in [0.5, 0.6) is 0 Å². The molecule has 7 heteroatoms. The molecule has 2 heterocycles. The van der Waals surface area contributed by atoms with Crippen LogP contribution in [0.3, 0.4) is 0 Å². The molecule has 0 radical (unpaired) electrons. The van der Waals surface area contributed by atoms with Crippen LogP contribution in [0.4, 0.5) is 5.69 Å². The summed E-state index contributed by atoms with van der Waals surface area (Å²) in [4.78, 5) is 36.7. The molecule has 0 saturated carbocycles. The number of benzene rings is 2. The number of nitrogens with zero attached hydrogens (tertiary/aromatic N) is 2. The van der Waals surface area contributed by atoms with Crippen molar-refractivity contribution in [2.75, 3.05) is 5.32 Å². The lowest BCUT2D eigenvalue weighted by Crippen LogP contribution is -2.39. The Balaban J connectivity index is 1.59. The van der Waals surface area contributed by atoms with Gasteiger partial charge in [0.25, 0.3) is 0 Å². The highest BCUT2D eigenvalue weighted by atomic mass is 16.2. The number of rotatable bonds is 4. The van der Waals surface area contributed by atoms with Crippen molar-refractivity contribution in [1.29, 1.82) is 0 Å². The van der Waals surface area contributed by atoms with E-state index in [2.05, 4.69) is 36.5 Å². The summed E-state index contributed by atoms with van der Waals surface area (Å²) in [6.07, 6.45) is 0.694. The number of imide groups is 1. The summed E-state index contributed by atoms with van der Waals surface area (Å²) in [7, 11) is 0. The van der Waals surface area contributed by atoms with Gasteiger partial charge in [-0.3, -0.25) is 24.4 Å². The first kappa shape index (κ1) is 20.8. The smallest absolute Gasteiger partial charge is 0.246 e. The molecular formula is C24H26N4O3. The third-order valence-electron chi connectivity index (χ3n) is 5.56. The van der Waals surface area contributed by atoms with Crippen LogP contribution in [0.2, 0.25) is 0 Å². The van der Waals surface area contributed by atoms with Crippen LogP contribution in [0, 0.1) is 0 Å². The number of para-hydroxylation sites is 1. The molecule has 0 spiro atoms. The first-order chi connectivity index (χ1) is 14.7. The van der Waals surface area contributed by atoms with E-state index in [-0.39, 0.29) is 36.1 Å². The monoisotopic (exact) mass is 418 g/mol. The molecule has 3 amide bonds. The normalized spacial score (nSPS) is 16.9. The summed E-state index contributed by atoms with van der Waals surface area (Å²) in [6, 6.07) is 15.3. The number of anilines is 1. The number of nitrogens with one attached hydrogen (secondary N) is 2. The van der Waals surface area contributed by atoms with E-state index in [0.29, 0.717) is 12.1 Å². The Kier molecular flexibility index (Phi) is 5.35. The molecule has 2 N–H and O–H groups in total. The highest BCUT2D eigenvalue weighted by Crippen LogP contribution is 2.30. The molecule has 2 aromatic carbocycles. The van der Waals surface area contributed by atoms with E-state index in [1.807, 2.05) is 48.5 Å². The summed E-state index contributed by atoms with van der Waals surface area (Å²) in [6.45, 7) is 6.40. The molecule has 4 rings (SSSR count). The van der Waals surface area contributed by atoms with Crippen LogP contribution in [0.1, 0.15) is 50.8 Å². The fourth-order valence-corrected chi connectivity index (χ4v) is 3.89. The quantitative estimate of drug-likeness (QED) is 0.634. The molecule has 1 saturated heterocycles. The van der Waals surface area contributed by atoms with Crippen molar-refractivity contribution in [3.8, 4) is 0 Å². The third kappa shape index (κ3) is 4.35. The summed E-state index contributed by atoms with van der Waals surface area (Å²) in [5.74, 6) is -1.30. The number of aromatic nitrogens is 2. The van der Waals surface area contributed by atoms with Gasteiger partial charge in [0.1, 0.15) is 6.54 Å². The molecule has 31 heavy (non-hydrogen) atoms. The average molecular weight is 418 g/mol. The first-order valence-corrected chi connectivity index (χ1v) is 10.4. The van der Waals surface area contributed by atoms with Gasteiger partial charge in [0, 0.05) is 17.5 Å². The van der Waals surface area contributed by atoms with Crippen molar-refractivity contribution < 1.29 is 14.4 Å². The second kappa shape index (κ2) is 7.98. The third-order valence-corrected chi connectivity index (χ3v) is 5.56. The second-order valence-corrected chi connectivity index (χ2v) is 8.94. The van der Waals surface area contributed by atoms with Crippen molar-refractivity contribution in [2.45, 2.75) is 51.5 Å². The largest absolute Gasteiger partial charge is 0.324 e. The Morgan fingerprint density at radius 3 is 2.68 bits per heavy atom. The lowest BCUT2D eigenvalue weighted by molar-refractivity contribution is -0.134. The molecule has 1 unspecified atom stereocenters. The number of carbonyl (C=O) groups excluding carboxylic acids is 3. The Bertz CT molecular complexity index is 1170. The fourth-order valence-electron chi connectivity index (χ4n) is 3.89. The van der Waals surface area contributed by atoms with Gasteiger partial charge < -0.3 is 5.32 Å². The van der Waals surface area contributed by atoms with Crippen molar-refractivity contribution >= 4 is 34.3 Å². The summed E-state index contributed by atoms with van der Waals surface area (Å²) < 4.78 is 1.62. The lowest BCUT2D eigenvalue weighted by Gasteiger charge is -2.20. The van der Waals surface area contributed by atoms with Gasteiger partial charge in [0.2, 0.25) is 17.7 Å². The molecule has 1 atom stereocenters. The Labute approximate surface area is 180 Å². The highest BCUT2D eigenvalue weighted by molar-refractivity contribution is 6.02. The molecule has 3 aromatic rings. The predicted molar refractivity (Wildman–Crippen MR) is 119 cm³/mol. The average Bonchev–Trinajstić information content (AvgIpc) is 3.06. The van der Waals surface area contributed by atoms with Crippen LogP contribution in [-0.2, 0) is 26.3 Å². The number of carbonyl (C=O) groups is 3. The summed E-state index contributed by atoms with van der Waals surface area (Å²) in [5, 5.41) is 10.8. The maximum atomic E-state index is 12.8. The van der Waals surface area contributed by atoms with Crippen LogP contribution in [-0.4, -0.2) is 27.5 Å². The predicted octanol–water partition coefficient (Wildman–Crippen LogP) is 3.49. The van der Waals surface area contributed by atoms with E-state index in [1.165, 1.54) is 0 Å². The number of fused-ring (bicyclic) bond motifs is 1. The van der Waals surface area contributed by atoms with Crippen molar-refractivity contribution in [3.05, 3.63) is 59.8 Å². The van der Waals surface area contributed by atoms with Gasteiger partial charge in [-0.25, -0.2) is 0 Å². The molecule has 1 aliphatic rings. The molecule has 160 valence electrons. The van der Waals surface area contributed by atoms with Gasteiger partial charge in [0.15, 0.2) is 0 Å². The Hall–Kier alpha value is -3.48. The van der Waals surface area contributed by atoms with Crippen molar-refractivity contribution in [3.63, 3.8) is 0 Å². The van der Waals surface area contributed by atoms with E-state index in [0.717, 1.165) is 22.2 Å². The number of hydrogen-bond donors (Lipinski definition) is 2. The van der Waals surface area contributed by atoms with E-state index in [1.54, 1.807) is 4.68 Å². The summed E-state index contributed by atoms with van der Waals surface area (Å²) >= 11 is 0. The van der Waals surface area contributed by atoms with Crippen LogP contribution >= 0.6 is 0 Å². The minimum absolute atomic E-state index is 0.0181. The van der Waals surface area contributed by atoms with Gasteiger partial charge >= 0.3 is 0 Å². The maximum Gasteiger partial charge on any atom is 0.246 e. The van der Waals surface area contributed by atoms with Crippen LogP contribution in [0.25, 0.3) is 10.9 Å². The molecule has 0 bridgehead atoms. The number of amides is 3. The zero-order valence-electron chi connectivity index (χ0n) is 17.9.